The van der Waals surface area contributed by atoms with E-state index >= 15 is 0 Å². The molecule has 0 aliphatic rings. The first-order valence-corrected chi connectivity index (χ1v) is 15.8. The molecule has 0 N–H and O–H groups in total. The van der Waals surface area contributed by atoms with Crippen LogP contribution in [0.5, 0.6) is 0 Å². The molecule has 0 aliphatic carbocycles. The number of hydrogen-bond donors (Lipinski definition) is 0. The molecule has 1 unspecified atom stereocenters. The molecule has 0 aromatic heterocycles. The predicted molar refractivity (Wildman–Crippen MR) is 151 cm³/mol. The van der Waals surface area contributed by atoms with Crippen molar-refractivity contribution in [2.45, 2.75) is 182 Å². The van der Waals surface area contributed by atoms with Gasteiger partial charge in [-0.2, -0.15) is 0 Å². The van der Waals surface area contributed by atoms with Crippen molar-refractivity contribution in [1.29, 1.82) is 0 Å². The number of unbranched alkanes of at least 4 members (excludes halogenated alkanes) is 17. The zero-order valence-electron chi connectivity index (χ0n) is 24.1. The molecule has 0 saturated carbocycles. The van der Waals surface area contributed by atoms with Crippen LogP contribution < -0.4 is 0 Å². The fourth-order valence-electron chi connectivity index (χ4n) is 4.98. The largest absolute Gasteiger partial charge is 0.465 e. The first kappa shape index (κ1) is 33.5. The van der Waals surface area contributed by atoms with E-state index in [9.17, 15) is 4.79 Å². The minimum absolute atomic E-state index is 0.0303. The first-order chi connectivity index (χ1) is 16.6. The standard InChI is InChI=1S/C32H64O2/c1-5-7-22-27-31(25-6-2)29-34-32(33)28-24-21-19-17-15-13-11-9-8-10-12-14-16-18-20-23-26-30(3)4/h30-31H,5-29H2,1-4H3. The fourth-order valence-corrected chi connectivity index (χ4v) is 4.98. The highest BCUT2D eigenvalue weighted by molar-refractivity contribution is 5.69. The molecular formula is C32H64O2. The normalized spacial score (nSPS) is 12.4. The second-order valence-corrected chi connectivity index (χ2v) is 11.4. The molecule has 1 atom stereocenters. The molecule has 0 aromatic rings. The van der Waals surface area contributed by atoms with Crippen LogP contribution in [0.2, 0.25) is 0 Å². The maximum atomic E-state index is 12.0. The van der Waals surface area contributed by atoms with Crippen molar-refractivity contribution >= 4 is 5.97 Å². The SMILES string of the molecule is CCCCCC(CCC)COC(=O)CCCCCCCCCCCCCCCCCCC(C)C. The van der Waals surface area contributed by atoms with Crippen molar-refractivity contribution in [2.75, 3.05) is 6.61 Å². The predicted octanol–water partition coefficient (Wildman–Crippen LogP) is 11.2. The van der Waals surface area contributed by atoms with Gasteiger partial charge in [0.1, 0.15) is 0 Å². The van der Waals surface area contributed by atoms with Gasteiger partial charge in [-0.25, -0.2) is 0 Å². The van der Waals surface area contributed by atoms with Gasteiger partial charge in [-0.05, 0) is 31.1 Å². The molecule has 34 heavy (non-hydrogen) atoms. The monoisotopic (exact) mass is 480 g/mol. The molecule has 204 valence electrons. The minimum atomic E-state index is 0.0303. The van der Waals surface area contributed by atoms with E-state index in [-0.39, 0.29) is 5.97 Å². The summed E-state index contributed by atoms with van der Waals surface area (Å²) in [7, 11) is 0. The summed E-state index contributed by atoms with van der Waals surface area (Å²) in [5, 5.41) is 0. The molecule has 0 radical (unpaired) electrons. The number of carbonyl (C=O) groups is 1. The average molecular weight is 481 g/mol. The van der Waals surface area contributed by atoms with E-state index in [1.165, 1.54) is 141 Å². The van der Waals surface area contributed by atoms with Gasteiger partial charge in [0.05, 0.1) is 6.61 Å². The maximum Gasteiger partial charge on any atom is 0.305 e. The van der Waals surface area contributed by atoms with Gasteiger partial charge in [-0.3, -0.25) is 4.79 Å². The molecule has 2 heteroatoms. The molecular weight excluding hydrogens is 416 g/mol. The number of carbonyl (C=O) groups excluding carboxylic acids is 1. The summed E-state index contributed by atoms with van der Waals surface area (Å²) in [6.45, 7) is 9.79. The first-order valence-electron chi connectivity index (χ1n) is 15.8. The molecule has 0 aliphatic heterocycles. The smallest absolute Gasteiger partial charge is 0.305 e. The summed E-state index contributed by atoms with van der Waals surface area (Å²) >= 11 is 0. The van der Waals surface area contributed by atoms with E-state index in [4.69, 9.17) is 4.74 Å². The van der Waals surface area contributed by atoms with Crippen LogP contribution >= 0.6 is 0 Å². The molecule has 0 heterocycles. The van der Waals surface area contributed by atoms with Gasteiger partial charge < -0.3 is 4.74 Å². The van der Waals surface area contributed by atoms with E-state index < -0.39 is 0 Å². The highest BCUT2D eigenvalue weighted by Crippen LogP contribution is 2.18. The van der Waals surface area contributed by atoms with Gasteiger partial charge in [0.15, 0.2) is 0 Å². The van der Waals surface area contributed by atoms with Crippen LogP contribution in [0.4, 0.5) is 0 Å². The molecule has 0 saturated heterocycles. The summed E-state index contributed by atoms with van der Waals surface area (Å²) in [4.78, 5) is 12.0. The summed E-state index contributed by atoms with van der Waals surface area (Å²) in [6.07, 6.45) is 31.4. The quantitative estimate of drug-likeness (QED) is 0.0862. The highest BCUT2D eigenvalue weighted by atomic mass is 16.5. The van der Waals surface area contributed by atoms with E-state index in [2.05, 4.69) is 27.7 Å². The third-order valence-electron chi connectivity index (χ3n) is 7.31. The lowest BCUT2D eigenvalue weighted by atomic mass is 9.97. The Balaban J connectivity index is 3.32. The Bertz CT molecular complexity index is 404. The molecule has 0 aromatic carbocycles. The van der Waals surface area contributed by atoms with Crippen LogP contribution in [0.25, 0.3) is 0 Å². The lowest BCUT2D eigenvalue weighted by Crippen LogP contribution is -2.14. The van der Waals surface area contributed by atoms with Gasteiger partial charge in [0.25, 0.3) is 0 Å². The zero-order valence-corrected chi connectivity index (χ0v) is 24.1. The Morgan fingerprint density at radius 2 is 0.971 bits per heavy atom. The van der Waals surface area contributed by atoms with Crippen LogP contribution in [0, 0.1) is 11.8 Å². The van der Waals surface area contributed by atoms with E-state index in [1.54, 1.807) is 0 Å². The van der Waals surface area contributed by atoms with Crippen molar-refractivity contribution in [2.24, 2.45) is 11.8 Å². The van der Waals surface area contributed by atoms with Crippen LogP contribution in [0.1, 0.15) is 182 Å². The summed E-state index contributed by atoms with van der Waals surface area (Å²) in [5.74, 6) is 1.48. The molecule has 0 spiro atoms. The second kappa shape index (κ2) is 27.1. The molecule has 0 fully saturated rings. The summed E-state index contributed by atoms with van der Waals surface area (Å²) < 4.78 is 5.59. The van der Waals surface area contributed by atoms with Gasteiger partial charge >= 0.3 is 5.97 Å². The minimum Gasteiger partial charge on any atom is -0.465 e. The molecule has 0 bridgehead atoms. The van der Waals surface area contributed by atoms with Gasteiger partial charge in [0, 0.05) is 6.42 Å². The Labute approximate surface area is 215 Å². The van der Waals surface area contributed by atoms with Crippen molar-refractivity contribution in [3.63, 3.8) is 0 Å². The third-order valence-corrected chi connectivity index (χ3v) is 7.31. The molecule has 0 rings (SSSR count). The third kappa shape index (κ3) is 26.1. The van der Waals surface area contributed by atoms with Crippen LogP contribution in [0.15, 0.2) is 0 Å². The van der Waals surface area contributed by atoms with Gasteiger partial charge in [-0.15, -0.1) is 0 Å². The van der Waals surface area contributed by atoms with Crippen LogP contribution in [0.3, 0.4) is 0 Å². The molecule has 0 amide bonds. The summed E-state index contributed by atoms with van der Waals surface area (Å²) in [5.41, 5.74) is 0. The lowest BCUT2D eigenvalue weighted by Gasteiger charge is -2.16. The van der Waals surface area contributed by atoms with Crippen LogP contribution in [-0.2, 0) is 9.53 Å². The van der Waals surface area contributed by atoms with Gasteiger partial charge in [0.2, 0.25) is 0 Å². The number of ether oxygens (including phenoxy) is 1. The van der Waals surface area contributed by atoms with Crippen molar-refractivity contribution < 1.29 is 9.53 Å². The Hall–Kier alpha value is -0.530. The highest BCUT2D eigenvalue weighted by Gasteiger charge is 2.11. The number of rotatable bonds is 27. The fraction of sp³-hybridized carbons (Fsp3) is 0.969. The average Bonchev–Trinajstić information content (AvgIpc) is 2.81. The van der Waals surface area contributed by atoms with E-state index in [1.807, 2.05) is 0 Å². The topological polar surface area (TPSA) is 26.3 Å². The Kier molecular flexibility index (Phi) is 26.6. The van der Waals surface area contributed by atoms with Crippen molar-refractivity contribution in [3.8, 4) is 0 Å². The second-order valence-electron chi connectivity index (χ2n) is 11.4. The van der Waals surface area contributed by atoms with Crippen molar-refractivity contribution in [1.82, 2.24) is 0 Å². The van der Waals surface area contributed by atoms with Gasteiger partial charge in [-0.1, -0.05) is 156 Å². The number of esters is 1. The summed E-state index contributed by atoms with van der Waals surface area (Å²) in [6, 6.07) is 0. The maximum absolute atomic E-state index is 12.0. The number of hydrogen-bond acceptors (Lipinski definition) is 2. The van der Waals surface area contributed by atoms with E-state index in [0.29, 0.717) is 18.9 Å². The van der Waals surface area contributed by atoms with Crippen molar-refractivity contribution in [3.05, 3.63) is 0 Å². The Morgan fingerprint density at radius 3 is 1.41 bits per heavy atom. The molecule has 2 nitrogen and oxygen atoms in total. The Morgan fingerprint density at radius 1 is 0.529 bits per heavy atom. The van der Waals surface area contributed by atoms with Crippen LogP contribution in [-0.4, -0.2) is 12.6 Å². The lowest BCUT2D eigenvalue weighted by molar-refractivity contribution is -0.145. The van der Waals surface area contributed by atoms with E-state index in [0.717, 1.165) is 12.3 Å². The zero-order chi connectivity index (χ0) is 25.1.